The number of nitrogens with zero attached hydrogens (tertiary/aromatic N) is 2. The Bertz CT molecular complexity index is 1370. The molecule has 2 aromatic rings. The summed E-state index contributed by atoms with van der Waals surface area (Å²) in [5.41, 5.74) is 4.49. The lowest BCUT2D eigenvalue weighted by Crippen LogP contribution is -2.39. The molecular formula is C33H41N3O4. The summed E-state index contributed by atoms with van der Waals surface area (Å²) in [4.78, 5) is 25.0. The molecule has 1 heterocycles. The number of hydrogen-bond acceptors (Lipinski definition) is 5. The molecule has 1 aromatic carbocycles. The summed E-state index contributed by atoms with van der Waals surface area (Å²) < 4.78 is 12.6. The summed E-state index contributed by atoms with van der Waals surface area (Å²) >= 11 is 0. The molecule has 0 unspecified atom stereocenters. The number of benzene rings is 1. The van der Waals surface area contributed by atoms with Gasteiger partial charge in [-0.2, -0.15) is 5.10 Å². The Kier molecular flexibility index (Phi) is 11.7. The molecule has 0 radical (unpaired) electrons. The summed E-state index contributed by atoms with van der Waals surface area (Å²) in [5, 5.41) is 7.30. The van der Waals surface area contributed by atoms with Crippen molar-refractivity contribution in [3.05, 3.63) is 114 Å². The molecule has 0 saturated heterocycles. The number of amides is 1. The number of ether oxygens (including phenoxy) is 2. The average Bonchev–Trinajstić information content (AvgIpc) is 3.32. The van der Waals surface area contributed by atoms with Crippen LogP contribution < -0.4 is 10.1 Å². The monoisotopic (exact) mass is 543 g/mol. The number of carbonyl (C=O) groups excluding carboxylic acids is 2. The van der Waals surface area contributed by atoms with E-state index in [2.05, 4.69) is 23.6 Å². The van der Waals surface area contributed by atoms with E-state index in [1.165, 1.54) is 0 Å². The number of carbonyl (C=O) groups is 2. The second-order valence-corrected chi connectivity index (χ2v) is 9.60. The zero-order valence-corrected chi connectivity index (χ0v) is 24.7. The summed E-state index contributed by atoms with van der Waals surface area (Å²) in [7, 11) is 1.78. The van der Waals surface area contributed by atoms with E-state index in [0.717, 1.165) is 33.5 Å². The summed E-state index contributed by atoms with van der Waals surface area (Å²) in [6, 6.07) is 7.28. The normalized spacial score (nSPS) is 12.6. The predicted molar refractivity (Wildman–Crippen MR) is 162 cm³/mol. The third-order valence-electron chi connectivity index (χ3n) is 6.10. The minimum absolute atomic E-state index is 0.286. The Morgan fingerprint density at radius 3 is 2.38 bits per heavy atom. The standard InChI is InChI=1S/C33H41N3O4/c1-10-14-15-26(11-2)27(12-3)18-16-23(5)29-21-28(35-36(29)9)31(37)34-22-25-17-19-30(24(6)20-25)40-33(7,8)32(38)39-13-4/h10-12,14-21H,1,5,13,22H2,2-4,6-9H3,(H,34,37)/b15-14-,18-16-,26-11+,27-12+. The van der Waals surface area contributed by atoms with Gasteiger partial charge in [0.25, 0.3) is 5.91 Å². The van der Waals surface area contributed by atoms with E-state index in [9.17, 15) is 9.59 Å². The molecule has 1 N–H and O–H groups in total. The van der Waals surface area contributed by atoms with Gasteiger partial charge in [0.15, 0.2) is 11.3 Å². The average molecular weight is 544 g/mol. The molecule has 0 aliphatic rings. The molecule has 212 valence electrons. The zero-order chi connectivity index (χ0) is 29.9. The van der Waals surface area contributed by atoms with Crippen LogP contribution in [0.15, 0.2) is 91.1 Å². The molecule has 2 rings (SSSR count). The molecule has 0 fully saturated rings. The lowest BCUT2D eigenvalue weighted by Gasteiger charge is -2.25. The minimum Gasteiger partial charge on any atom is -0.476 e. The van der Waals surface area contributed by atoms with Crippen molar-refractivity contribution in [1.82, 2.24) is 15.1 Å². The van der Waals surface area contributed by atoms with E-state index in [1.807, 2.05) is 69.4 Å². The first-order valence-corrected chi connectivity index (χ1v) is 13.2. The number of nitrogens with one attached hydrogen (secondary N) is 1. The third kappa shape index (κ3) is 8.56. The minimum atomic E-state index is -1.11. The van der Waals surface area contributed by atoms with Gasteiger partial charge in [-0.1, -0.05) is 67.8 Å². The molecule has 0 aliphatic carbocycles. The van der Waals surface area contributed by atoms with Gasteiger partial charge in [-0.05, 0) is 81.5 Å². The van der Waals surface area contributed by atoms with E-state index < -0.39 is 11.6 Å². The highest BCUT2D eigenvalue weighted by atomic mass is 16.6. The van der Waals surface area contributed by atoms with Crippen LogP contribution in [-0.2, 0) is 23.1 Å². The molecule has 0 atom stereocenters. The SMILES string of the molecule is C=C\C=C/C(=C\C)C(/C=C\C(=C)c1cc(C(=O)NCc2ccc(OC(C)(C)C(=O)OCC)c(C)c2)nn1C)=C/C. The number of hydrogen-bond donors (Lipinski definition) is 1. The lowest BCUT2D eigenvalue weighted by atomic mass is 10.0. The smallest absolute Gasteiger partial charge is 0.349 e. The number of esters is 1. The van der Waals surface area contributed by atoms with Crippen LogP contribution in [0.3, 0.4) is 0 Å². The fraction of sp³-hybridized carbons (Fsp3) is 0.303. The zero-order valence-electron chi connectivity index (χ0n) is 24.7. The highest BCUT2D eigenvalue weighted by Crippen LogP contribution is 2.25. The van der Waals surface area contributed by atoms with Crippen molar-refractivity contribution in [2.24, 2.45) is 7.05 Å². The second-order valence-electron chi connectivity index (χ2n) is 9.60. The fourth-order valence-electron chi connectivity index (χ4n) is 3.87. The highest BCUT2D eigenvalue weighted by Gasteiger charge is 2.32. The van der Waals surface area contributed by atoms with E-state index in [0.29, 0.717) is 18.0 Å². The first kappa shape index (κ1) is 31.8. The number of allylic oxidation sites excluding steroid dienone is 10. The van der Waals surface area contributed by atoms with Crippen molar-refractivity contribution in [1.29, 1.82) is 0 Å². The van der Waals surface area contributed by atoms with Crippen LogP contribution in [-0.4, -0.2) is 33.9 Å². The molecule has 1 amide bonds. The second kappa shape index (κ2) is 14.7. The largest absolute Gasteiger partial charge is 0.476 e. The molecule has 0 aliphatic heterocycles. The molecule has 0 bridgehead atoms. The first-order chi connectivity index (χ1) is 19.0. The Morgan fingerprint density at radius 1 is 1.10 bits per heavy atom. The summed E-state index contributed by atoms with van der Waals surface area (Å²) in [5.74, 6) is -0.141. The van der Waals surface area contributed by atoms with Crippen LogP contribution in [0.25, 0.3) is 5.57 Å². The third-order valence-corrected chi connectivity index (χ3v) is 6.10. The number of rotatable bonds is 13. The van der Waals surface area contributed by atoms with Gasteiger partial charge in [-0.15, -0.1) is 0 Å². The Labute approximate surface area is 238 Å². The van der Waals surface area contributed by atoms with Crippen LogP contribution in [0.2, 0.25) is 0 Å². The van der Waals surface area contributed by atoms with Gasteiger partial charge in [0.1, 0.15) is 5.75 Å². The van der Waals surface area contributed by atoms with Gasteiger partial charge in [0, 0.05) is 13.6 Å². The van der Waals surface area contributed by atoms with Crippen molar-refractivity contribution in [2.75, 3.05) is 6.61 Å². The quantitative estimate of drug-likeness (QED) is 0.228. The van der Waals surface area contributed by atoms with Crippen LogP contribution in [0.5, 0.6) is 5.75 Å². The van der Waals surface area contributed by atoms with E-state index in [4.69, 9.17) is 9.47 Å². The molecule has 0 spiro atoms. The molecule has 7 nitrogen and oxygen atoms in total. The Morgan fingerprint density at radius 2 is 1.77 bits per heavy atom. The maximum Gasteiger partial charge on any atom is 0.349 e. The van der Waals surface area contributed by atoms with Gasteiger partial charge < -0.3 is 14.8 Å². The topological polar surface area (TPSA) is 82.4 Å². The van der Waals surface area contributed by atoms with Crippen molar-refractivity contribution in [2.45, 2.75) is 53.7 Å². The highest BCUT2D eigenvalue weighted by molar-refractivity contribution is 5.93. The maximum atomic E-state index is 12.9. The van der Waals surface area contributed by atoms with Crippen molar-refractivity contribution in [3.63, 3.8) is 0 Å². The van der Waals surface area contributed by atoms with Gasteiger partial charge in [-0.25, -0.2) is 4.79 Å². The molecule has 0 saturated carbocycles. The van der Waals surface area contributed by atoms with E-state index >= 15 is 0 Å². The Balaban J connectivity index is 2.08. The molecule has 7 heteroatoms. The summed E-state index contributed by atoms with van der Waals surface area (Å²) in [6.07, 6.45) is 13.6. The van der Waals surface area contributed by atoms with Gasteiger partial charge >= 0.3 is 5.97 Å². The first-order valence-electron chi connectivity index (χ1n) is 13.2. The van der Waals surface area contributed by atoms with Gasteiger partial charge in [-0.3, -0.25) is 9.48 Å². The van der Waals surface area contributed by atoms with Crippen molar-refractivity contribution >= 4 is 17.4 Å². The molecule has 1 aromatic heterocycles. The number of aryl methyl sites for hydroxylation is 2. The van der Waals surface area contributed by atoms with Crippen molar-refractivity contribution in [3.8, 4) is 5.75 Å². The van der Waals surface area contributed by atoms with E-state index in [-0.39, 0.29) is 12.5 Å². The predicted octanol–water partition coefficient (Wildman–Crippen LogP) is 6.58. The van der Waals surface area contributed by atoms with E-state index in [1.54, 1.807) is 50.7 Å². The number of aromatic nitrogens is 2. The Hall–Kier alpha value is -4.39. The fourth-order valence-corrected chi connectivity index (χ4v) is 3.87. The summed E-state index contributed by atoms with van der Waals surface area (Å²) in [6.45, 7) is 19.4. The van der Waals surface area contributed by atoms with Gasteiger partial charge in [0.2, 0.25) is 0 Å². The molecule has 40 heavy (non-hydrogen) atoms. The maximum absolute atomic E-state index is 12.9. The van der Waals surface area contributed by atoms with Crippen LogP contribution >= 0.6 is 0 Å². The van der Waals surface area contributed by atoms with Crippen molar-refractivity contribution < 1.29 is 19.1 Å². The molecular weight excluding hydrogens is 502 g/mol. The van der Waals surface area contributed by atoms with Gasteiger partial charge in [0.05, 0.1) is 12.3 Å². The lowest BCUT2D eigenvalue weighted by molar-refractivity contribution is -0.158. The van der Waals surface area contributed by atoms with Crippen LogP contribution in [0.4, 0.5) is 0 Å². The van der Waals surface area contributed by atoms with Crippen LogP contribution in [0, 0.1) is 6.92 Å². The van der Waals surface area contributed by atoms with Crippen LogP contribution in [0.1, 0.15) is 61.9 Å².